The van der Waals surface area contributed by atoms with Crippen LogP contribution in [0.1, 0.15) is 31.5 Å². The molecular weight excluding hydrogens is 318 g/mol. The summed E-state index contributed by atoms with van der Waals surface area (Å²) in [7, 11) is 1.71. The molecule has 1 aliphatic heterocycles. The van der Waals surface area contributed by atoms with Crippen LogP contribution in [0.5, 0.6) is 0 Å². The second-order valence-corrected chi connectivity index (χ2v) is 6.32. The lowest BCUT2D eigenvalue weighted by Gasteiger charge is -2.32. The molecule has 132 valence electrons. The van der Waals surface area contributed by atoms with Gasteiger partial charge in [-0.1, -0.05) is 6.07 Å². The molecule has 2 aromatic rings. The molecule has 3 amide bonds. The first-order valence-electron chi connectivity index (χ1n) is 8.44. The fraction of sp³-hybridized carbons (Fsp3) is 0.389. The Morgan fingerprint density at radius 1 is 1.40 bits per heavy atom. The van der Waals surface area contributed by atoms with E-state index in [4.69, 9.17) is 0 Å². The highest BCUT2D eigenvalue weighted by molar-refractivity contribution is 5.93. The molecule has 1 aromatic carbocycles. The van der Waals surface area contributed by atoms with Crippen molar-refractivity contribution in [3.8, 4) is 0 Å². The number of likely N-dealkylation sites (tertiary alicyclic amines) is 1. The minimum absolute atomic E-state index is 0.0548. The average molecular weight is 341 g/mol. The number of imidazole rings is 1. The zero-order valence-electron chi connectivity index (χ0n) is 14.5. The quantitative estimate of drug-likeness (QED) is 0.901. The van der Waals surface area contributed by atoms with E-state index >= 15 is 0 Å². The van der Waals surface area contributed by atoms with Gasteiger partial charge in [0, 0.05) is 56.7 Å². The van der Waals surface area contributed by atoms with Crippen LogP contribution in [-0.4, -0.2) is 46.9 Å². The normalized spacial score (nSPS) is 17.2. The summed E-state index contributed by atoms with van der Waals surface area (Å²) in [5, 5.41) is 2.93. The molecule has 0 aliphatic carbocycles. The predicted octanol–water partition coefficient (Wildman–Crippen LogP) is 2.80. The van der Waals surface area contributed by atoms with Crippen LogP contribution in [0, 0.1) is 0 Å². The molecule has 2 heterocycles. The first-order chi connectivity index (χ1) is 12.0. The van der Waals surface area contributed by atoms with Crippen molar-refractivity contribution < 1.29 is 9.59 Å². The Hall–Kier alpha value is -2.83. The first kappa shape index (κ1) is 17.0. The summed E-state index contributed by atoms with van der Waals surface area (Å²) in [6.45, 7) is 2.89. The second kappa shape index (κ2) is 7.38. The van der Waals surface area contributed by atoms with Crippen LogP contribution in [0.2, 0.25) is 0 Å². The van der Waals surface area contributed by atoms with Crippen LogP contribution in [0.15, 0.2) is 36.7 Å². The van der Waals surface area contributed by atoms with E-state index < -0.39 is 0 Å². The van der Waals surface area contributed by atoms with E-state index in [1.165, 1.54) is 6.92 Å². The summed E-state index contributed by atoms with van der Waals surface area (Å²) < 4.78 is 0. The largest absolute Gasteiger partial charge is 0.348 e. The number of rotatable bonds is 3. The van der Waals surface area contributed by atoms with Gasteiger partial charge in [-0.05, 0) is 31.0 Å². The van der Waals surface area contributed by atoms with Gasteiger partial charge in [-0.15, -0.1) is 0 Å². The third kappa shape index (κ3) is 3.99. The second-order valence-electron chi connectivity index (χ2n) is 6.32. The number of hydrogen-bond donors (Lipinski definition) is 2. The fourth-order valence-corrected chi connectivity index (χ4v) is 3.06. The van der Waals surface area contributed by atoms with Crippen molar-refractivity contribution >= 4 is 23.3 Å². The molecular formula is C18H23N5O2. The fourth-order valence-electron chi connectivity index (χ4n) is 3.06. The van der Waals surface area contributed by atoms with Gasteiger partial charge in [0.05, 0.1) is 0 Å². The van der Waals surface area contributed by atoms with Gasteiger partial charge in [0.25, 0.3) is 0 Å². The Morgan fingerprint density at radius 3 is 2.96 bits per heavy atom. The highest BCUT2D eigenvalue weighted by Crippen LogP contribution is 2.25. The zero-order chi connectivity index (χ0) is 17.8. The summed E-state index contributed by atoms with van der Waals surface area (Å²) in [5.74, 6) is 1.12. The number of piperidine rings is 1. The van der Waals surface area contributed by atoms with Crippen molar-refractivity contribution in [1.82, 2.24) is 14.9 Å². The molecule has 1 aliphatic rings. The summed E-state index contributed by atoms with van der Waals surface area (Å²) in [6, 6.07) is 7.16. The molecule has 0 saturated carbocycles. The maximum absolute atomic E-state index is 12.6. The molecule has 1 aromatic heterocycles. The van der Waals surface area contributed by atoms with Crippen molar-refractivity contribution in [2.24, 2.45) is 0 Å². The number of aromatic amines is 1. The topological polar surface area (TPSA) is 81.3 Å². The lowest BCUT2D eigenvalue weighted by Crippen LogP contribution is -2.41. The first-order valence-corrected chi connectivity index (χ1v) is 8.44. The van der Waals surface area contributed by atoms with Crippen LogP contribution < -0.4 is 10.2 Å². The third-order valence-electron chi connectivity index (χ3n) is 4.57. The Labute approximate surface area is 147 Å². The van der Waals surface area contributed by atoms with E-state index in [-0.39, 0.29) is 17.9 Å². The van der Waals surface area contributed by atoms with Gasteiger partial charge < -0.3 is 20.1 Å². The van der Waals surface area contributed by atoms with Gasteiger partial charge in [-0.2, -0.15) is 0 Å². The molecule has 7 heteroatoms. The van der Waals surface area contributed by atoms with Gasteiger partial charge in [-0.3, -0.25) is 4.79 Å². The Kier molecular flexibility index (Phi) is 5.02. The maximum Gasteiger partial charge on any atom is 0.321 e. The lowest BCUT2D eigenvalue weighted by molar-refractivity contribution is -0.116. The number of amides is 3. The molecule has 0 spiro atoms. The molecule has 0 bridgehead atoms. The van der Waals surface area contributed by atoms with Crippen molar-refractivity contribution in [3.63, 3.8) is 0 Å². The van der Waals surface area contributed by atoms with E-state index in [1.54, 1.807) is 24.2 Å². The van der Waals surface area contributed by atoms with Gasteiger partial charge in [-0.25, -0.2) is 9.78 Å². The van der Waals surface area contributed by atoms with Gasteiger partial charge >= 0.3 is 6.03 Å². The molecule has 3 rings (SSSR count). The predicted molar refractivity (Wildman–Crippen MR) is 96.7 cm³/mol. The number of nitrogens with one attached hydrogen (secondary N) is 2. The molecule has 7 nitrogen and oxygen atoms in total. The number of urea groups is 1. The van der Waals surface area contributed by atoms with E-state index in [9.17, 15) is 9.59 Å². The standard InChI is InChI=1S/C18H23N5O2/c1-13(24)22(2)16-7-3-6-15(11-16)21-18(25)23-10-4-5-14(12-23)17-19-8-9-20-17/h3,6-9,11,14H,4-5,10,12H2,1-2H3,(H,19,20)(H,21,25). The number of aromatic nitrogens is 2. The molecule has 1 fully saturated rings. The smallest absolute Gasteiger partial charge is 0.321 e. The zero-order valence-corrected chi connectivity index (χ0v) is 14.5. The molecule has 25 heavy (non-hydrogen) atoms. The molecule has 1 atom stereocenters. The summed E-state index contributed by atoms with van der Waals surface area (Å²) in [6.07, 6.45) is 5.53. The summed E-state index contributed by atoms with van der Waals surface area (Å²) in [4.78, 5) is 34.9. The highest BCUT2D eigenvalue weighted by Gasteiger charge is 2.26. The molecule has 2 N–H and O–H groups in total. The van der Waals surface area contributed by atoms with E-state index in [2.05, 4.69) is 15.3 Å². The van der Waals surface area contributed by atoms with Crippen LogP contribution in [0.25, 0.3) is 0 Å². The van der Waals surface area contributed by atoms with Crippen LogP contribution in [-0.2, 0) is 4.79 Å². The Bertz CT molecular complexity index is 744. The third-order valence-corrected chi connectivity index (χ3v) is 4.57. The van der Waals surface area contributed by atoms with Crippen molar-refractivity contribution in [1.29, 1.82) is 0 Å². The number of benzene rings is 1. The average Bonchev–Trinajstić information content (AvgIpc) is 3.16. The summed E-state index contributed by atoms with van der Waals surface area (Å²) >= 11 is 0. The highest BCUT2D eigenvalue weighted by atomic mass is 16.2. The van der Waals surface area contributed by atoms with Crippen molar-refractivity contribution in [2.75, 3.05) is 30.4 Å². The maximum atomic E-state index is 12.6. The molecule has 0 radical (unpaired) electrons. The Balaban J connectivity index is 1.66. The van der Waals surface area contributed by atoms with Gasteiger partial charge in [0.2, 0.25) is 5.91 Å². The minimum Gasteiger partial charge on any atom is -0.348 e. The van der Waals surface area contributed by atoms with Crippen LogP contribution in [0.4, 0.5) is 16.2 Å². The van der Waals surface area contributed by atoms with Crippen molar-refractivity contribution in [2.45, 2.75) is 25.7 Å². The van der Waals surface area contributed by atoms with Gasteiger partial charge in [0.1, 0.15) is 5.82 Å². The number of H-pyrrole nitrogens is 1. The van der Waals surface area contributed by atoms with E-state index in [0.29, 0.717) is 12.2 Å². The Morgan fingerprint density at radius 2 is 2.24 bits per heavy atom. The van der Waals surface area contributed by atoms with E-state index in [1.807, 2.05) is 29.3 Å². The monoisotopic (exact) mass is 341 g/mol. The number of carbonyl (C=O) groups excluding carboxylic acids is 2. The van der Waals surface area contributed by atoms with Crippen LogP contribution in [0.3, 0.4) is 0 Å². The molecule has 1 saturated heterocycles. The van der Waals surface area contributed by atoms with E-state index in [0.717, 1.165) is 30.9 Å². The number of carbonyl (C=O) groups is 2. The van der Waals surface area contributed by atoms with Gasteiger partial charge in [0.15, 0.2) is 0 Å². The van der Waals surface area contributed by atoms with Crippen LogP contribution >= 0.6 is 0 Å². The lowest BCUT2D eigenvalue weighted by atomic mass is 9.98. The SMILES string of the molecule is CC(=O)N(C)c1cccc(NC(=O)N2CCCC(c3ncc[nH]3)C2)c1. The van der Waals surface area contributed by atoms with Crippen molar-refractivity contribution in [3.05, 3.63) is 42.5 Å². The number of nitrogens with zero attached hydrogens (tertiary/aromatic N) is 3. The summed E-state index contributed by atoms with van der Waals surface area (Å²) in [5.41, 5.74) is 1.42. The number of anilines is 2. The number of hydrogen-bond acceptors (Lipinski definition) is 3. The molecule has 1 unspecified atom stereocenters. The minimum atomic E-state index is -0.126.